The molecule has 1 aliphatic heterocycles. The van der Waals surface area contributed by atoms with Crippen molar-refractivity contribution < 1.29 is 0 Å². The van der Waals surface area contributed by atoms with Gasteiger partial charge in [-0.15, -0.1) is 0 Å². The van der Waals surface area contributed by atoms with E-state index in [1.54, 1.807) is 0 Å². The van der Waals surface area contributed by atoms with E-state index in [4.69, 9.17) is 0 Å². The lowest BCUT2D eigenvalue weighted by Gasteiger charge is -2.15. The number of hydrogen-bond donors (Lipinski definition) is 1. The van der Waals surface area contributed by atoms with Gasteiger partial charge in [0.2, 0.25) is 0 Å². The van der Waals surface area contributed by atoms with Crippen LogP contribution in [0, 0.1) is 0 Å². The summed E-state index contributed by atoms with van der Waals surface area (Å²) in [6.45, 7) is 8.33. The number of allylic oxidation sites excluding steroid dienone is 1. The number of hydrazine groups is 1. The van der Waals surface area contributed by atoms with Crippen molar-refractivity contribution in [3.05, 3.63) is 11.3 Å². The number of alkyl halides is 1. The Bertz CT molecular complexity index is 166. The van der Waals surface area contributed by atoms with Crippen LogP contribution in [0.25, 0.3) is 0 Å². The van der Waals surface area contributed by atoms with Crippen LogP contribution in [0.3, 0.4) is 0 Å². The van der Waals surface area contributed by atoms with Crippen molar-refractivity contribution in [1.82, 2.24) is 10.4 Å². The third-order valence-electron chi connectivity index (χ3n) is 2.02. The van der Waals surface area contributed by atoms with Gasteiger partial charge >= 0.3 is 0 Å². The molecule has 0 aromatic carbocycles. The molecule has 1 atom stereocenters. The molecule has 1 unspecified atom stereocenters. The van der Waals surface area contributed by atoms with Crippen molar-refractivity contribution in [3.8, 4) is 0 Å². The fourth-order valence-corrected chi connectivity index (χ4v) is 1.99. The summed E-state index contributed by atoms with van der Waals surface area (Å²) in [7, 11) is 2.05. The van der Waals surface area contributed by atoms with Gasteiger partial charge in [0, 0.05) is 24.1 Å². The second kappa shape index (κ2) is 5.60. The van der Waals surface area contributed by atoms with Crippen molar-refractivity contribution in [2.75, 3.05) is 12.4 Å². The van der Waals surface area contributed by atoms with Crippen LogP contribution in [0.5, 0.6) is 0 Å². The van der Waals surface area contributed by atoms with Gasteiger partial charge in [0.25, 0.3) is 0 Å². The van der Waals surface area contributed by atoms with Crippen LogP contribution in [-0.2, 0) is 0 Å². The zero-order valence-electron chi connectivity index (χ0n) is 8.61. The maximum Gasteiger partial charge on any atom is 0.0461 e. The average molecular weight is 235 g/mol. The largest absolute Gasteiger partial charge is 0.314 e. The second-order valence-electron chi connectivity index (χ2n) is 2.67. The van der Waals surface area contributed by atoms with Crippen LogP contribution in [0.15, 0.2) is 11.3 Å². The number of hydrogen-bond acceptors (Lipinski definition) is 2. The molecule has 0 aromatic heterocycles. The first-order chi connectivity index (χ1) is 5.66. The maximum absolute atomic E-state index is 3.44. The fraction of sp³-hybridized carbons (Fsp3) is 0.778. The van der Waals surface area contributed by atoms with Crippen molar-refractivity contribution in [3.63, 3.8) is 0 Å². The molecule has 0 aliphatic carbocycles. The van der Waals surface area contributed by atoms with Gasteiger partial charge in [-0.2, -0.15) is 0 Å². The summed E-state index contributed by atoms with van der Waals surface area (Å²) in [6, 6.07) is 0.498. The third-order valence-corrected chi connectivity index (χ3v) is 2.55. The summed E-state index contributed by atoms with van der Waals surface area (Å²) in [5.74, 6) is 0. The van der Waals surface area contributed by atoms with Gasteiger partial charge in [0.1, 0.15) is 0 Å². The molecule has 0 bridgehead atoms. The average Bonchev–Trinajstić information content (AvgIpc) is 2.31. The van der Waals surface area contributed by atoms with E-state index in [9.17, 15) is 0 Å². The molecule has 0 amide bonds. The minimum Gasteiger partial charge on any atom is -0.314 e. The molecule has 0 fully saturated rings. The van der Waals surface area contributed by atoms with E-state index >= 15 is 0 Å². The van der Waals surface area contributed by atoms with Crippen LogP contribution in [0.4, 0.5) is 0 Å². The van der Waals surface area contributed by atoms with Crippen molar-refractivity contribution in [1.29, 1.82) is 0 Å². The summed E-state index contributed by atoms with van der Waals surface area (Å²) in [4.78, 5) is 0. The minimum absolute atomic E-state index is 0.498. The summed E-state index contributed by atoms with van der Waals surface area (Å²) < 4.78 is 0. The number of rotatable bonds is 1. The van der Waals surface area contributed by atoms with Crippen molar-refractivity contribution in [2.45, 2.75) is 33.7 Å². The Labute approximate surface area is 84.1 Å². The molecular weight excluding hydrogens is 216 g/mol. The standard InChI is InChI=1S/C7H13BrN2.C2H6/c1-5-6(2)9-10(3)7(5)4-8;1-2/h6,9H,4H2,1-3H3;1-2H3. The van der Waals surface area contributed by atoms with Crippen LogP contribution >= 0.6 is 15.9 Å². The van der Waals surface area contributed by atoms with Crippen LogP contribution in [0.2, 0.25) is 0 Å². The van der Waals surface area contributed by atoms with Crippen LogP contribution in [0.1, 0.15) is 27.7 Å². The first kappa shape index (κ1) is 12.0. The Kier molecular flexibility index (Phi) is 5.59. The highest BCUT2D eigenvalue weighted by molar-refractivity contribution is 9.09. The fourth-order valence-electron chi connectivity index (χ4n) is 1.17. The van der Waals surface area contributed by atoms with Gasteiger partial charge in [-0.3, -0.25) is 0 Å². The SMILES string of the molecule is CC.CC1=C(CBr)N(C)NC1C. The first-order valence-electron chi connectivity index (χ1n) is 4.42. The van der Waals surface area contributed by atoms with Gasteiger partial charge in [-0.25, -0.2) is 5.43 Å². The van der Waals surface area contributed by atoms with Gasteiger partial charge in [0.15, 0.2) is 0 Å². The lowest BCUT2D eigenvalue weighted by molar-refractivity contribution is 0.317. The van der Waals surface area contributed by atoms with E-state index in [1.165, 1.54) is 11.3 Å². The highest BCUT2D eigenvalue weighted by Crippen LogP contribution is 2.19. The monoisotopic (exact) mass is 234 g/mol. The molecule has 2 nitrogen and oxygen atoms in total. The van der Waals surface area contributed by atoms with E-state index in [0.717, 1.165) is 5.33 Å². The van der Waals surface area contributed by atoms with E-state index in [1.807, 2.05) is 20.9 Å². The quantitative estimate of drug-likeness (QED) is 0.702. The van der Waals surface area contributed by atoms with E-state index < -0.39 is 0 Å². The Morgan fingerprint density at radius 3 is 2.17 bits per heavy atom. The molecule has 1 heterocycles. The Hall–Kier alpha value is -0.0200. The topological polar surface area (TPSA) is 15.3 Å². The Morgan fingerprint density at radius 1 is 1.50 bits per heavy atom. The molecule has 0 radical (unpaired) electrons. The number of halogens is 1. The zero-order chi connectivity index (χ0) is 9.72. The molecule has 0 spiro atoms. The number of nitrogens with zero attached hydrogens (tertiary/aromatic N) is 1. The molecule has 1 N–H and O–H groups in total. The first-order valence-corrected chi connectivity index (χ1v) is 5.54. The summed E-state index contributed by atoms with van der Waals surface area (Å²) in [6.07, 6.45) is 0. The van der Waals surface area contributed by atoms with E-state index in [0.29, 0.717) is 6.04 Å². The molecule has 0 saturated heterocycles. The summed E-state index contributed by atoms with van der Waals surface area (Å²) >= 11 is 3.44. The van der Waals surface area contributed by atoms with Crippen LogP contribution < -0.4 is 5.43 Å². The van der Waals surface area contributed by atoms with Crippen molar-refractivity contribution in [2.24, 2.45) is 0 Å². The summed E-state index contributed by atoms with van der Waals surface area (Å²) in [5.41, 5.74) is 6.08. The van der Waals surface area contributed by atoms with E-state index in [-0.39, 0.29) is 0 Å². The Balaban J connectivity index is 0.000000561. The predicted octanol–water partition coefficient (Wildman–Crippen LogP) is 2.52. The normalized spacial score (nSPS) is 22.5. The zero-order valence-corrected chi connectivity index (χ0v) is 10.2. The molecule has 0 aromatic rings. The van der Waals surface area contributed by atoms with E-state index in [2.05, 4.69) is 40.2 Å². The highest BCUT2D eigenvalue weighted by Gasteiger charge is 2.20. The molecule has 12 heavy (non-hydrogen) atoms. The third kappa shape index (κ3) is 2.49. The highest BCUT2D eigenvalue weighted by atomic mass is 79.9. The van der Waals surface area contributed by atoms with Gasteiger partial charge in [-0.05, 0) is 19.4 Å². The van der Waals surface area contributed by atoms with Crippen molar-refractivity contribution >= 4 is 15.9 Å². The molecule has 0 saturated carbocycles. The second-order valence-corrected chi connectivity index (χ2v) is 3.23. The molecular formula is C9H19BrN2. The van der Waals surface area contributed by atoms with Crippen LogP contribution in [-0.4, -0.2) is 23.4 Å². The number of nitrogens with one attached hydrogen (secondary N) is 1. The molecule has 72 valence electrons. The smallest absolute Gasteiger partial charge is 0.0461 e. The van der Waals surface area contributed by atoms with Gasteiger partial charge in [-0.1, -0.05) is 29.8 Å². The van der Waals surface area contributed by atoms with Gasteiger partial charge < -0.3 is 5.01 Å². The summed E-state index contributed by atoms with van der Waals surface area (Å²) in [5, 5.41) is 3.02. The maximum atomic E-state index is 3.44. The lowest BCUT2D eigenvalue weighted by atomic mass is 10.1. The Morgan fingerprint density at radius 2 is 2.00 bits per heavy atom. The molecule has 1 rings (SSSR count). The minimum atomic E-state index is 0.498. The van der Waals surface area contributed by atoms with Gasteiger partial charge in [0.05, 0.1) is 0 Å². The lowest BCUT2D eigenvalue weighted by Crippen LogP contribution is -2.32. The predicted molar refractivity (Wildman–Crippen MR) is 58.2 cm³/mol. The molecule has 1 aliphatic rings. The molecule has 3 heteroatoms.